The van der Waals surface area contributed by atoms with E-state index in [4.69, 9.17) is 5.73 Å². The third-order valence-corrected chi connectivity index (χ3v) is 2.51. The summed E-state index contributed by atoms with van der Waals surface area (Å²) in [7, 11) is 1.66. The maximum absolute atomic E-state index is 12.3. The van der Waals surface area contributed by atoms with Gasteiger partial charge >= 0.3 is 6.18 Å². The minimum absolute atomic E-state index is 0.00694. The molecule has 1 fully saturated rings. The van der Waals surface area contributed by atoms with Gasteiger partial charge in [0.25, 0.3) is 0 Å². The predicted molar refractivity (Wildman–Crippen MR) is 39.7 cm³/mol. The van der Waals surface area contributed by atoms with Crippen LogP contribution >= 0.6 is 0 Å². The lowest BCUT2D eigenvalue weighted by Gasteiger charge is -2.26. The van der Waals surface area contributed by atoms with Crippen molar-refractivity contribution in [2.45, 2.75) is 31.1 Å². The van der Waals surface area contributed by atoms with Crippen LogP contribution in [0.5, 0.6) is 0 Å². The van der Waals surface area contributed by atoms with Gasteiger partial charge in [0.2, 0.25) is 0 Å². The highest BCUT2D eigenvalue weighted by atomic mass is 19.4. The van der Waals surface area contributed by atoms with Crippen LogP contribution in [-0.4, -0.2) is 36.2 Å². The Morgan fingerprint density at radius 2 is 2.00 bits per heavy atom. The highest BCUT2D eigenvalue weighted by Gasteiger charge is 2.56. The molecule has 0 aliphatic carbocycles. The van der Waals surface area contributed by atoms with E-state index in [0.717, 1.165) is 0 Å². The van der Waals surface area contributed by atoms with Crippen LogP contribution in [0.25, 0.3) is 0 Å². The summed E-state index contributed by atoms with van der Waals surface area (Å²) in [5.74, 6) is 0. The third kappa shape index (κ3) is 1.43. The number of hydrogen-bond donors (Lipinski definition) is 1. The van der Waals surface area contributed by atoms with Crippen molar-refractivity contribution < 1.29 is 13.2 Å². The predicted octanol–water partition coefficient (Wildman–Crippen LogP) is 0.970. The third-order valence-electron chi connectivity index (χ3n) is 2.51. The first kappa shape index (κ1) is 9.80. The normalized spacial score (nSPS) is 39.0. The second-order valence-corrected chi connectivity index (χ2v) is 3.62. The summed E-state index contributed by atoms with van der Waals surface area (Å²) in [5, 5.41) is 0. The molecule has 2 unspecified atom stereocenters. The summed E-state index contributed by atoms with van der Waals surface area (Å²) in [6.07, 6.45) is -4.29. The number of rotatable bonds is 0. The van der Waals surface area contributed by atoms with Crippen molar-refractivity contribution in [1.29, 1.82) is 0 Å². The lowest BCUT2D eigenvalue weighted by atomic mass is 9.97. The molecule has 0 bridgehead atoms. The average molecular weight is 182 g/mol. The topological polar surface area (TPSA) is 29.3 Å². The maximum Gasteiger partial charge on any atom is 0.407 e. The van der Waals surface area contributed by atoms with Crippen LogP contribution in [-0.2, 0) is 0 Å². The molecule has 0 amide bonds. The monoisotopic (exact) mass is 182 g/mol. The number of hydrogen-bond acceptors (Lipinski definition) is 2. The lowest BCUT2D eigenvalue weighted by molar-refractivity contribution is -0.181. The largest absolute Gasteiger partial charge is 0.407 e. The van der Waals surface area contributed by atoms with Crippen LogP contribution in [0.3, 0.4) is 0 Å². The van der Waals surface area contributed by atoms with E-state index in [1.165, 1.54) is 0 Å². The van der Waals surface area contributed by atoms with Crippen molar-refractivity contribution in [2.24, 2.45) is 5.73 Å². The van der Waals surface area contributed by atoms with Crippen molar-refractivity contribution in [3.8, 4) is 0 Å². The van der Waals surface area contributed by atoms with E-state index in [1.807, 2.05) is 0 Å². The van der Waals surface area contributed by atoms with Crippen molar-refractivity contribution >= 4 is 0 Å². The van der Waals surface area contributed by atoms with Gasteiger partial charge in [-0.15, -0.1) is 0 Å². The molecule has 1 rings (SSSR count). The first-order valence-corrected chi connectivity index (χ1v) is 3.82. The zero-order valence-electron chi connectivity index (χ0n) is 7.15. The van der Waals surface area contributed by atoms with Gasteiger partial charge in [0.1, 0.15) is 5.54 Å². The first-order valence-electron chi connectivity index (χ1n) is 3.82. The van der Waals surface area contributed by atoms with E-state index in [0.29, 0.717) is 0 Å². The smallest absolute Gasteiger partial charge is 0.317 e. The molecule has 0 aromatic heterocycles. The number of halogens is 3. The zero-order valence-corrected chi connectivity index (χ0v) is 7.15. The second kappa shape index (κ2) is 2.60. The summed E-state index contributed by atoms with van der Waals surface area (Å²) in [6, 6.07) is -0.0865. The van der Waals surface area contributed by atoms with Gasteiger partial charge in [-0.05, 0) is 20.4 Å². The van der Waals surface area contributed by atoms with Gasteiger partial charge in [-0.2, -0.15) is 13.2 Å². The van der Waals surface area contributed by atoms with Crippen LogP contribution in [0.4, 0.5) is 13.2 Å². The summed E-state index contributed by atoms with van der Waals surface area (Å²) in [4.78, 5) is 1.63. The van der Waals surface area contributed by atoms with Gasteiger partial charge in [-0.1, -0.05) is 0 Å². The van der Waals surface area contributed by atoms with Crippen molar-refractivity contribution in [1.82, 2.24) is 4.90 Å². The number of alkyl halides is 3. The van der Waals surface area contributed by atoms with Gasteiger partial charge in [-0.25, -0.2) is 0 Å². The van der Waals surface area contributed by atoms with Crippen molar-refractivity contribution in [2.75, 3.05) is 13.6 Å². The molecule has 1 aliphatic rings. The van der Waals surface area contributed by atoms with Gasteiger partial charge in [0.05, 0.1) is 0 Å². The van der Waals surface area contributed by atoms with Crippen LogP contribution in [0.2, 0.25) is 0 Å². The molecule has 72 valence electrons. The fourth-order valence-corrected chi connectivity index (χ4v) is 1.55. The van der Waals surface area contributed by atoms with E-state index in [-0.39, 0.29) is 19.0 Å². The molecule has 0 aromatic rings. The summed E-state index contributed by atoms with van der Waals surface area (Å²) >= 11 is 0. The molecule has 2 nitrogen and oxygen atoms in total. The van der Waals surface area contributed by atoms with Crippen molar-refractivity contribution in [3.05, 3.63) is 0 Å². The van der Waals surface area contributed by atoms with E-state index in [9.17, 15) is 13.2 Å². The Hall–Kier alpha value is -0.290. The molecule has 2 atom stereocenters. The fraction of sp³-hybridized carbons (Fsp3) is 1.00. The Morgan fingerprint density at radius 1 is 1.50 bits per heavy atom. The van der Waals surface area contributed by atoms with E-state index < -0.39 is 11.7 Å². The SMILES string of the molecule is CC1CC(N)(C(F)(F)F)CN1C. The fourth-order valence-electron chi connectivity index (χ4n) is 1.55. The lowest BCUT2D eigenvalue weighted by Crippen LogP contribution is -2.55. The van der Waals surface area contributed by atoms with Gasteiger partial charge in [0, 0.05) is 12.6 Å². The van der Waals surface area contributed by atoms with E-state index >= 15 is 0 Å². The molecule has 0 saturated carbocycles. The molecule has 5 heteroatoms. The Kier molecular flexibility index (Phi) is 2.12. The van der Waals surface area contributed by atoms with Crippen LogP contribution < -0.4 is 5.73 Å². The van der Waals surface area contributed by atoms with E-state index in [2.05, 4.69) is 0 Å². The highest BCUT2D eigenvalue weighted by molar-refractivity contribution is 5.02. The Morgan fingerprint density at radius 3 is 2.17 bits per heavy atom. The first-order chi connectivity index (χ1) is 5.26. The Balaban J connectivity index is 2.77. The number of likely N-dealkylation sites (tertiary alicyclic amines) is 1. The summed E-state index contributed by atoms with van der Waals surface area (Å²) in [5.41, 5.74) is 3.25. The molecule has 2 N–H and O–H groups in total. The second-order valence-electron chi connectivity index (χ2n) is 3.62. The summed E-state index contributed by atoms with van der Waals surface area (Å²) in [6.45, 7) is 1.65. The molecule has 1 aliphatic heterocycles. The van der Waals surface area contributed by atoms with Crippen LogP contribution in [0.15, 0.2) is 0 Å². The Labute approximate surface area is 69.5 Å². The molecule has 0 radical (unpaired) electrons. The van der Waals surface area contributed by atoms with Gasteiger partial charge < -0.3 is 10.6 Å². The maximum atomic E-state index is 12.3. The minimum atomic E-state index is -4.29. The average Bonchev–Trinajstić information content (AvgIpc) is 2.06. The number of nitrogens with two attached hydrogens (primary N) is 1. The molecule has 1 saturated heterocycles. The zero-order chi connectivity index (χ0) is 9.57. The molecule has 0 aromatic carbocycles. The van der Waals surface area contributed by atoms with E-state index in [1.54, 1.807) is 18.9 Å². The minimum Gasteiger partial charge on any atom is -0.317 e. The molecule has 12 heavy (non-hydrogen) atoms. The van der Waals surface area contributed by atoms with Crippen molar-refractivity contribution in [3.63, 3.8) is 0 Å². The van der Waals surface area contributed by atoms with Crippen LogP contribution in [0, 0.1) is 0 Å². The number of likely N-dealkylation sites (N-methyl/N-ethyl adjacent to an activating group) is 1. The summed E-state index contributed by atoms with van der Waals surface area (Å²) < 4.78 is 37.0. The molecule has 0 spiro atoms. The van der Waals surface area contributed by atoms with Gasteiger partial charge in [-0.3, -0.25) is 0 Å². The molecular weight excluding hydrogens is 169 g/mol. The quantitative estimate of drug-likeness (QED) is 0.604. The molecule has 1 heterocycles. The number of nitrogens with zero attached hydrogens (tertiary/aromatic N) is 1. The molecular formula is C7H13F3N2. The highest BCUT2D eigenvalue weighted by Crippen LogP contribution is 2.37. The standard InChI is InChI=1S/C7H13F3N2/c1-5-3-6(11,4-12(5)2)7(8,9)10/h5H,3-4,11H2,1-2H3. The van der Waals surface area contributed by atoms with Crippen LogP contribution in [0.1, 0.15) is 13.3 Å². The van der Waals surface area contributed by atoms with Gasteiger partial charge in [0.15, 0.2) is 0 Å². The Bertz CT molecular complexity index is 168.